The molecule has 2 aliphatic rings. The summed E-state index contributed by atoms with van der Waals surface area (Å²) in [5.41, 5.74) is 6.06. The molecule has 0 heterocycles. The van der Waals surface area contributed by atoms with E-state index >= 15 is 0 Å². The molecule has 2 rings (SSSR count). The van der Waals surface area contributed by atoms with Crippen molar-refractivity contribution in [1.82, 2.24) is 0 Å². The molecule has 106 valence electrons. The van der Waals surface area contributed by atoms with E-state index in [2.05, 4.69) is 38.2 Å². The Labute approximate surface area is 140 Å². The van der Waals surface area contributed by atoms with Crippen LogP contribution in [0.15, 0.2) is 34.4 Å². The molecule has 0 nitrogen and oxygen atoms in total. The summed E-state index contributed by atoms with van der Waals surface area (Å²) in [5, 5.41) is 0. The van der Waals surface area contributed by atoms with Crippen molar-refractivity contribution in [1.29, 1.82) is 0 Å². The average molecular weight is 302 g/mol. The van der Waals surface area contributed by atoms with Crippen molar-refractivity contribution in [2.75, 3.05) is 0 Å². The molecule has 0 aromatic carbocycles. The van der Waals surface area contributed by atoms with Crippen molar-refractivity contribution >= 4 is 0 Å². The Balaban J connectivity index is 0.00000200. The molecule has 0 aromatic heterocycles. The zero-order valence-corrected chi connectivity index (χ0v) is 14.6. The molecule has 0 atom stereocenters. The molecule has 0 fully saturated rings. The normalized spacial score (nSPS) is 17.3. The van der Waals surface area contributed by atoms with Crippen molar-refractivity contribution in [3.8, 4) is 0 Å². The second-order valence-corrected chi connectivity index (χ2v) is 5.56. The minimum Gasteiger partial charge on any atom is -0.269 e. The Morgan fingerprint density at radius 2 is 1.30 bits per heavy atom. The van der Waals surface area contributed by atoms with E-state index in [-0.39, 0.29) is 21.7 Å². The minimum absolute atomic E-state index is 0. The maximum absolute atomic E-state index is 3.54. The van der Waals surface area contributed by atoms with E-state index in [1.165, 1.54) is 60.8 Å². The first-order valence-electron chi connectivity index (χ1n) is 7.93. The molecule has 0 unspecified atom stereocenters. The molecule has 0 aliphatic heterocycles. The van der Waals surface area contributed by atoms with Gasteiger partial charge in [0.2, 0.25) is 0 Å². The molecule has 0 N–H and O–H groups in total. The minimum atomic E-state index is 0. The van der Waals surface area contributed by atoms with E-state index in [0.29, 0.717) is 0 Å². The molecule has 1 heteroatoms. The van der Waals surface area contributed by atoms with Gasteiger partial charge in [0, 0.05) is 0 Å². The number of unbranched alkanes of at least 4 members (excludes halogenated alkanes) is 2. The topological polar surface area (TPSA) is 0 Å². The third kappa shape index (κ3) is 4.90. The molecule has 20 heavy (non-hydrogen) atoms. The summed E-state index contributed by atoms with van der Waals surface area (Å²) in [4.78, 5) is 0. The van der Waals surface area contributed by atoms with Crippen LogP contribution in [0.2, 0.25) is 0 Å². The van der Waals surface area contributed by atoms with Crippen molar-refractivity contribution in [2.45, 2.75) is 71.6 Å². The smallest absolute Gasteiger partial charge is 0.269 e. The van der Waals surface area contributed by atoms with Gasteiger partial charge in [-0.15, -0.1) is 19.3 Å². The van der Waals surface area contributed by atoms with E-state index in [1.807, 2.05) is 0 Å². The quantitative estimate of drug-likeness (QED) is 0.388. The predicted octanol–water partition coefficient (Wildman–Crippen LogP) is 5.87. The number of hydrogen-bond donors (Lipinski definition) is 0. The Morgan fingerprint density at radius 3 is 1.70 bits per heavy atom. The maximum Gasteiger partial charge on any atom is 2.00 e. The summed E-state index contributed by atoms with van der Waals surface area (Å²) in [6.45, 7) is 4.53. The largest absolute Gasteiger partial charge is 2.00 e. The van der Waals surface area contributed by atoms with Crippen molar-refractivity contribution < 1.29 is 21.7 Å². The van der Waals surface area contributed by atoms with Crippen LogP contribution in [0.3, 0.4) is 0 Å². The first kappa shape index (κ1) is 17.7. The fourth-order valence-electron chi connectivity index (χ4n) is 2.84. The Kier molecular flexibility index (Phi) is 8.49. The third-order valence-corrected chi connectivity index (χ3v) is 4.04. The zero-order chi connectivity index (χ0) is 13.5. The average Bonchev–Trinajstić information content (AvgIpc) is 3.04. The molecule has 0 aromatic rings. The van der Waals surface area contributed by atoms with Crippen LogP contribution in [0.1, 0.15) is 71.6 Å². The van der Waals surface area contributed by atoms with Gasteiger partial charge in [-0.05, 0) is 0 Å². The van der Waals surface area contributed by atoms with Gasteiger partial charge in [-0.25, -0.2) is 22.3 Å². The maximum atomic E-state index is 3.54. The van der Waals surface area contributed by atoms with E-state index in [0.717, 1.165) is 19.3 Å². The fourth-order valence-corrected chi connectivity index (χ4v) is 2.84. The van der Waals surface area contributed by atoms with Crippen LogP contribution in [0.4, 0.5) is 0 Å². The van der Waals surface area contributed by atoms with E-state index in [4.69, 9.17) is 0 Å². The molecule has 0 spiro atoms. The van der Waals surface area contributed by atoms with Gasteiger partial charge in [0.05, 0.1) is 0 Å². The van der Waals surface area contributed by atoms with Crippen LogP contribution in [0.25, 0.3) is 0 Å². The SMILES string of the molecule is CCCCC1=[C-]CC=C1CC1=CC[C-]=C1CCCC.[Ti+2]. The van der Waals surface area contributed by atoms with Gasteiger partial charge in [-0.3, -0.25) is 12.2 Å². The molecular weight excluding hydrogens is 276 g/mol. The standard InChI is InChI=1S/C19H26.Ti/c1-3-5-9-16-11-7-13-18(16)15-19-14-8-12-17(19)10-6-4-2;/h13-14H,3-10,15H2,1-2H3;/q-2;+2. The van der Waals surface area contributed by atoms with E-state index in [1.54, 1.807) is 0 Å². The fraction of sp³-hybridized carbons (Fsp3) is 0.579. The van der Waals surface area contributed by atoms with Gasteiger partial charge < -0.3 is 0 Å². The van der Waals surface area contributed by atoms with Gasteiger partial charge in [0.15, 0.2) is 0 Å². The summed E-state index contributed by atoms with van der Waals surface area (Å²) in [5.74, 6) is 0. The molecule has 0 saturated carbocycles. The van der Waals surface area contributed by atoms with Crippen LogP contribution < -0.4 is 0 Å². The first-order valence-corrected chi connectivity index (χ1v) is 7.93. The molecule has 2 aliphatic carbocycles. The third-order valence-electron chi connectivity index (χ3n) is 4.04. The molecular formula is C19H26Ti. The van der Waals surface area contributed by atoms with Crippen molar-refractivity contribution in [3.05, 3.63) is 46.6 Å². The van der Waals surface area contributed by atoms with Crippen LogP contribution in [0.5, 0.6) is 0 Å². The summed E-state index contributed by atoms with van der Waals surface area (Å²) in [6.07, 6.45) is 22.6. The zero-order valence-electron chi connectivity index (χ0n) is 13.0. The Bertz CT molecular complexity index is 381. The summed E-state index contributed by atoms with van der Waals surface area (Å²) < 4.78 is 0. The second kappa shape index (κ2) is 9.58. The molecule has 0 radical (unpaired) electrons. The van der Waals surface area contributed by atoms with Gasteiger partial charge in [0.1, 0.15) is 0 Å². The van der Waals surface area contributed by atoms with E-state index in [9.17, 15) is 0 Å². The van der Waals surface area contributed by atoms with Crippen LogP contribution in [-0.2, 0) is 21.7 Å². The first-order chi connectivity index (χ1) is 9.35. The van der Waals surface area contributed by atoms with Gasteiger partial charge in [0.25, 0.3) is 0 Å². The molecule has 0 saturated heterocycles. The monoisotopic (exact) mass is 302 g/mol. The van der Waals surface area contributed by atoms with Crippen LogP contribution in [0, 0.1) is 12.2 Å². The molecule has 0 bridgehead atoms. The van der Waals surface area contributed by atoms with Crippen LogP contribution in [-0.4, -0.2) is 0 Å². The van der Waals surface area contributed by atoms with Crippen molar-refractivity contribution in [3.63, 3.8) is 0 Å². The van der Waals surface area contributed by atoms with E-state index < -0.39 is 0 Å². The van der Waals surface area contributed by atoms with Crippen LogP contribution >= 0.6 is 0 Å². The second-order valence-electron chi connectivity index (χ2n) is 5.56. The number of allylic oxidation sites excluding steroid dienone is 8. The van der Waals surface area contributed by atoms with Gasteiger partial charge in [-0.1, -0.05) is 52.4 Å². The van der Waals surface area contributed by atoms with Gasteiger partial charge >= 0.3 is 21.7 Å². The summed E-state index contributed by atoms with van der Waals surface area (Å²) in [6, 6.07) is 0. The summed E-state index contributed by atoms with van der Waals surface area (Å²) in [7, 11) is 0. The predicted molar refractivity (Wildman–Crippen MR) is 82.6 cm³/mol. The molecule has 0 amide bonds. The number of rotatable bonds is 8. The van der Waals surface area contributed by atoms with Gasteiger partial charge in [-0.2, -0.15) is 12.2 Å². The Morgan fingerprint density at radius 1 is 0.850 bits per heavy atom. The Hall–Kier alpha value is -0.326. The van der Waals surface area contributed by atoms with Crippen molar-refractivity contribution in [2.24, 2.45) is 0 Å². The number of hydrogen-bond acceptors (Lipinski definition) is 0. The summed E-state index contributed by atoms with van der Waals surface area (Å²) >= 11 is 0.